The van der Waals surface area contributed by atoms with Crippen molar-refractivity contribution >= 4 is 27.3 Å². The van der Waals surface area contributed by atoms with E-state index in [0.29, 0.717) is 18.7 Å². The summed E-state index contributed by atoms with van der Waals surface area (Å²) in [5, 5.41) is 20.3. The lowest BCUT2D eigenvalue weighted by Gasteiger charge is -2.37. The number of aliphatic hydroxyl groups is 1. The van der Waals surface area contributed by atoms with Crippen LogP contribution in [0.15, 0.2) is 16.6 Å². The van der Waals surface area contributed by atoms with Gasteiger partial charge in [-0.1, -0.05) is 0 Å². The molecule has 5 nitrogen and oxygen atoms in total. The number of aliphatic hydroxyl groups excluding tert-OH is 1. The Bertz CT molecular complexity index is 511. The van der Waals surface area contributed by atoms with E-state index >= 15 is 0 Å². The smallest absolute Gasteiger partial charge is 0.295 e. The van der Waals surface area contributed by atoms with Crippen molar-refractivity contribution in [3.63, 3.8) is 0 Å². The predicted octanol–water partition coefficient (Wildman–Crippen LogP) is 3.24. The van der Waals surface area contributed by atoms with E-state index in [4.69, 9.17) is 5.11 Å². The Balaban J connectivity index is 2.43. The Morgan fingerprint density at radius 3 is 2.90 bits per heavy atom. The van der Waals surface area contributed by atoms with Gasteiger partial charge in [0.25, 0.3) is 5.69 Å². The molecule has 0 saturated carbocycles. The molecule has 1 saturated heterocycles. The van der Waals surface area contributed by atoms with Crippen molar-refractivity contribution in [2.75, 3.05) is 18.1 Å². The summed E-state index contributed by atoms with van der Waals surface area (Å²) in [4.78, 5) is 12.5. The van der Waals surface area contributed by atoms with Crippen LogP contribution < -0.4 is 4.90 Å². The van der Waals surface area contributed by atoms with Crippen LogP contribution in [0.5, 0.6) is 0 Å². The van der Waals surface area contributed by atoms with Crippen LogP contribution in [0.3, 0.4) is 0 Å². The molecule has 110 valence electrons. The van der Waals surface area contributed by atoms with Crippen molar-refractivity contribution in [2.24, 2.45) is 0 Å². The third-order valence-corrected chi connectivity index (χ3v) is 4.22. The normalized spacial score (nSPS) is 19.1. The highest BCUT2D eigenvalue weighted by Gasteiger charge is 2.29. The number of hydrogen-bond acceptors (Lipinski definition) is 4. The second kappa shape index (κ2) is 6.49. The van der Waals surface area contributed by atoms with Crippen LogP contribution in [0.25, 0.3) is 0 Å². The largest absolute Gasteiger partial charge is 0.396 e. The van der Waals surface area contributed by atoms with Gasteiger partial charge in [0.1, 0.15) is 11.5 Å². The van der Waals surface area contributed by atoms with Crippen LogP contribution in [0.4, 0.5) is 15.8 Å². The first kappa shape index (κ1) is 15.2. The Morgan fingerprint density at radius 2 is 2.25 bits per heavy atom. The molecular weight excluding hydrogens is 331 g/mol. The second-order valence-electron chi connectivity index (χ2n) is 4.87. The number of benzene rings is 1. The molecule has 1 heterocycles. The molecule has 7 heteroatoms. The molecule has 2 rings (SSSR count). The number of nitro groups is 1. The first-order valence-electron chi connectivity index (χ1n) is 6.55. The second-order valence-corrected chi connectivity index (χ2v) is 5.72. The number of nitrogens with zero attached hydrogens (tertiary/aromatic N) is 2. The van der Waals surface area contributed by atoms with Gasteiger partial charge in [0, 0.05) is 19.2 Å². The van der Waals surface area contributed by atoms with Crippen molar-refractivity contribution < 1.29 is 14.4 Å². The van der Waals surface area contributed by atoms with E-state index in [9.17, 15) is 14.5 Å². The first-order chi connectivity index (χ1) is 9.54. The van der Waals surface area contributed by atoms with E-state index in [1.165, 1.54) is 6.07 Å². The SMILES string of the molecule is O=[N+]([O-])c1cc(F)c(Br)cc1N1CCCCC1CCO. The lowest BCUT2D eigenvalue weighted by Crippen LogP contribution is -2.40. The van der Waals surface area contributed by atoms with Crippen LogP contribution in [-0.2, 0) is 0 Å². The minimum Gasteiger partial charge on any atom is -0.396 e. The lowest BCUT2D eigenvalue weighted by molar-refractivity contribution is -0.384. The van der Waals surface area contributed by atoms with Crippen molar-refractivity contribution in [3.8, 4) is 0 Å². The summed E-state index contributed by atoms with van der Waals surface area (Å²) in [6.07, 6.45) is 3.42. The van der Waals surface area contributed by atoms with Crippen LogP contribution in [0, 0.1) is 15.9 Å². The highest BCUT2D eigenvalue weighted by Crippen LogP contribution is 2.37. The maximum atomic E-state index is 13.5. The van der Waals surface area contributed by atoms with Crippen LogP contribution in [-0.4, -0.2) is 29.2 Å². The maximum absolute atomic E-state index is 13.5. The molecule has 0 radical (unpaired) electrons. The average Bonchev–Trinajstić information content (AvgIpc) is 2.42. The monoisotopic (exact) mass is 346 g/mol. The van der Waals surface area contributed by atoms with Gasteiger partial charge in [-0.05, 0) is 47.7 Å². The van der Waals surface area contributed by atoms with Gasteiger partial charge < -0.3 is 10.0 Å². The third-order valence-electron chi connectivity index (χ3n) is 3.61. The molecule has 1 unspecified atom stereocenters. The van der Waals surface area contributed by atoms with Gasteiger partial charge in [-0.15, -0.1) is 0 Å². The molecule has 1 atom stereocenters. The molecule has 1 aromatic rings. The molecule has 1 fully saturated rings. The van der Waals surface area contributed by atoms with Gasteiger partial charge in [0.15, 0.2) is 0 Å². The molecule has 0 aliphatic carbocycles. The molecule has 1 aromatic carbocycles. The molecule has 0 spiro atoms. The van der Waals surface area contributed by atoms with Gasteiger partial charge >= 0.3 is 0 Å². The summed E-state index contributed by atoms with van der Waals surface area (Å²) in [6, 6.07) is 2.47. The third kappa shape index (κ3) is 3.09. The Labute approximate surface area is 124 Å². The number of hydrogen-bond donors (Lipinski definition) is 1. The van der Waals surface area contributed by atoms with Gasteiger partial charge in [0.05, 0.1) is 15.5 Å². The van der Waals surface area contributed by atoms with Gasteiger partial charge in [-0.3, -0.25) is 10.1 Å². The van der Waals surface area contributed by atoms with E-state index < -0.39 is 10.7 Å². The topological polar surface area (TPSA) is 66.6 Å². The minimum atomic E-state index is -0.642. The standard InChI is InChI=1S/C13H16BrFN2O3/c14-10-7-12(13(17(19)20)8-11(10)15)16-5-2-1-3-9(16)4-6-18/h7-9,18H,1-6H2. The zero-order valence-corrected chi connectivity index (χ0v) is 12.5. The van der Waals surface area contributed by atoms with E-state index in [1.807, 2.05) is 4.90 Å². The number of rotatable bonds is 4. The molecule has 1 N–H and O–H groups in total. The van der Waals surface area contributed by atoms with E-state index in [-0.39, 0.29) is 22.8 Å². The summed E-state index contributed by atoms with van der Waals surface area (Å²) in [7, 11) is 0. The number of anilines is 1. The molecule has 0 bridgehead atoms. The van der Waals surface area contributed by atoms with Crippen molar-refractivity contribution in [1.29, 1.82) is 0 Å². The highest BCUT2D eigenvalue weighted by molar-refractivity contribution is 9.10. The lowest BCUT2D eigenvalue weighted by atomic mass is 9.98. The average molecular weight is 347 g/mol. The summed E-state index contributed by atoms with van der Waals surface area (Å²) in [6.45, 7) is 0.723. The number of halogens is 2. The summed E-state index contributed by atoms with van der Waals surface area (Å²) in [5.74, 6) is -0.642. The molecule has 1 aliphatic rings. The molecular formula is C13H16BrFN2O3. The van der Waals surface area contributed by atoms with Gasteiger partial charge in [-0.2, -0.15) is 0 Å². The van der Waals surface area contributed by atoms with Gasteiger partial charge in [0.2, 0.25) is 0 Å². The Kier molecular flexibility index (Phi) is 4.93. The quantitative estimate of drug-likeness (QED) is 0.671. The summed E-state index contributed by atoms with van der Waals surface area (Å²) < 4.78 is 13.7. The molecule has 0 aromatic heterocycles. The van der Waals surface area contributed by atoms with Crippen LogP contribution >= 0.6 is 15.9 Å². The van der Waals surface area contributed by atoms with E-state index in [0.717, 1.165) is 25.3 Å². The Morgan fingerprint density at radius 1 is 1.50 bits per heavy atom. The molecule has 20 heavy (non-hydrogen) atoms. The van der Waals surface area contributed by atoms with Crippen molar-refractivity contribution in [1.82, 2.24) is 0 Å². The number of nitro benzene ring substituents is 1. The Hall–Kier alpha value is -1.21. The summed E-state index contributed by atoms with van der Waals surface area (Å²) in [5.41, 5.74) is 0.192. The number of piperidine rings is 1. The van der Waals surface area contributed by atoms with Crippen molar-refractivity contribution in [2.45, 2.75) is 31.7 Å². The van der Waals surface area contributed by atoms with Crippen molar-refractivity contribution in [3.05, 3.63) is 32.5 Å². The fourth-order valence-electron chi connectivity index (χ4n) is 2.67. The van der Waals surface area contributed by atoms with Crippen LogP contribution in [0.2, 0.25) is 0 Å². The molecule has 1 aliphatic heterocycles. The fraction of sp³-hybridized carbons (Fsp3) is 0.538. The minimum absolute atomic E-state index is 0.0390. The van der Waals surface area contributed by atoms with E-state index in [2.05, 4.69) is 15.9 Å². The zero-order valence-electron chi connectivity index (χ0n) is 10.9. The maximum Gasteiger partial charge on any atom is 0.295 e. The summed E-state index contributed by atoms with van der Waals surface area (Å²) >= 11 is 3.08. The molecule has 0 amide bonds. The highest BCUT2D eigenvalue weighted by atomic mass is 79.9. The van der Waals surface area contributed by atoms with Gasteiger partial charge in [-0.25, -0.2) is 4.39 Å². The first-order valence-corrected chi connectivity index (χ1v) is 7.35. The zero-order chi connectivity index (χ0) is 14.7. The van der Waals surface area contributed by atoms with E-state index in [1.54, 1.807) is 0 Å². The van der Waals surface area contributed by atoms with Crippen LogP contribution in [0.1, 0.15) is 25.7 Å². The fourth-order valence-corrected chi connectivity index (χ4v) is 3.00. The predicted molar refractivity (Wildman–Crippen MR) is 77.4 cm³/mol.